The first-order valence-electron chi connectivity index (χ1n) is 16.3. The third-order valence-corrected chi connectivity index (χ3v) is 9.92. The van der Waals surface area contributed by atoms with Crippen LogP contribution in [0.5, 0.6) is 11.5 Å². The SMILES string of the molecule is CN1CN(c2cccc(Oc3ccc4c5ccccc5n(-c5cc6c(cn5)c5cc7ccccc7cc5n6C)c4c3)c2)c2ccccc21. The Morgan fingerprint density at radius 2 is 1.27 bits per heavy atom. The largest absolute Gasteiger partial charge is 0.457 e. The van der Waals surface area contributed by atoms with E-state index in [9.17, 15) is 0 Å². The van der Waals surface area contributed by atoms with Crippen LogP contribution in [0.25, 0.3) is 60.2 Å². The van der Waals surface area contributed by atoms with Crippen molar-refractivity contribution in [2.45, 2.75) is 0 Å². The third-order valence-electron chi connectivity index (χ3n) is 9.92. The molecular formula is C42H31N5O. The Bertz CT molecular complexity index is 2740. The maximum absolute atomic E-state index is 6.58. The predicted molar refractivity (Wildman–Crippen MR) is 198 cm³/mol. The van der Waals surface area contributed by atoms with Gasteiger partial charge >= 0.3 is 0 Å². The number of hydrogen-bond donors (Lipinski definition) is 0. The molecule has 0 amide bonds. The molecule has 6 heteroatoms. The topological polar surface area (TPSA) is 38.5 Å². The van der Waals surface area contributed by atoms with E-state index in [0.29, 0.717) is 0 Å². The average Bonchev–Trinajstić information content (AvgIpc) is 3.74. The molecule has 0 saturated heterocycles. The zero-order chi connectivity index (χ0) is 31.9. The molecule has 4 heterocycles. The predicted octanol–water partition coefficient (Wildman–Crippen LogP) is 10.3. The van der Waals surface area contributed by atoms with Gasteiger partial charge in [-0.3, -0.25) is 4.57 Å². The number of anilines is 3. The minimum Gasteiger partial charge on any atom is -0.457 e. The molecular weight excluding hydrogens is 590 g/mol. The van der Waals surface area contributed by atoms with Crippen LogP contribution in [0.1, 0.15) is 0 Å². The molecule has 1 aliphatic rings. The van der Waals surface area contributed by atoms with Crippen LogP contribution < -0.4 is 14.5 Å². The van der Waals surface area contributed by atoms with Gasteiger partial charge in [-0.15, -0.1) is 0 Å². The lowest BCUT2D eigenvalue weighted by Gasteiger charge is -2.20. The first-order valence-corrected chi connectivity index (χ1v) is 16.3. The van der Waals surface area contributed by atoms with E-state index in [0.717, 1.165) is 57.0 Å². The fourth-order valence-electron chi connectivity index (χ4n) is 7.60. The van der Waals surface area contributed by atoms with Crippen molar-refractivity contribution in [1.82, 2.24) is 14.1 Å². The van der Waals surface area contributed by atoms with Crippen molar-refractivity contribution in [3.8, 4) is 17.3 Å². The highest BCUT2D eigenvalue weighted by atomic mass is 16.5. The highest BCUT2D eigenvalue weighted by molar-refractivity contribution is 6.13. The third kappa shape index (κ3) is 3.96. The van der Waals surface area contributed by atoms with Crippen molar-refractivity contribution in [3.05, 3.63) is 140 Å². The van der Waals surface area contributed by atoms with E-state index in [1.807, 2.05) is 12.3 Å². The number of rotatable bonds is 4. The molecule has 1 aliphatic heterocycles. The van der Waals surface area contributed by atoms with Crippen molar-refractivity contribution in [2.75, 3.05) is 23.5 Å². The zero-order valence-electron chi connectivity index (χ0n) is 26.6. The second-order valence-electron chi connectivity index (χ2n) is 12.7. The summed E-state index contributed by atoms with van der Waals surface area (Å²) in [5.41, 5.74) is 8.04. The molecule has 0 atom stereocenters. The number of nitrogens with zero attached hydrogens (tertiary/aromatic N) is 5. The summed E-state index contributed by atoms with van der Waals surface area (Å²) in [7, 11) is 4.27. The van der Waals surface area contributed by atoms with Gasteiger partial charge in [0, 0.05) is 71.2 Å². The summed E-state index contributed by atoms with van der Waals surface area (Å²) in [6.07, 6.45) is 2.03. The van der Waals surface area contributed by atoms with E-state index >= 15 is 0 Å². The van der Waals surface area contributed by atoms with E-state index in [-0.39, 0.29) is 0 Å². The molecule has 6 aromatic carbocycles. The van der Waals surface area contributed by atoms with E-state index < -0.39 is 0 Å². The summed E-state index contributed by atoms with van der Waals surface area (Å²) >= 11 is 0. The average molecular weight is 622 g/mol. The monoisotopic (exact) mass is 621 g/mol. The van der Waals surface area contributed by atoms with Gasteiger partial charge in [0.25, 0.3) is 0 Å². The summed E-state index contributed by atoms with van der Waals surface area (Å²) in [4.78, 5) is 9.67. The van der Waals surface area contributed by atoms with Crippen LogP contribution in [-0.4, -0.2) is 27.8 Å². The van der Waals surface area contributed by atoms with Gasteiger partial charge in [-0.1, -0.05) is 60.7 Å². The molecule has 0 aliphatic carbocycles. The minimum atomic E-state index is 0.778. The first kappa shape index (κ1) is 26.9. The molecule has 6 nitrogen and oxygen atoms in total. The van der Waals surface area contributed by atoms with Crippen molar-refractivity contribution >= 4 is 71.4 Å². The lowest BCUT2D eigenvalue weighted by Crippen LogP contribution is -2.23. The number of aromatic nitrogens is 3. The van der Waals surface area contributed by atoms with Crippen molar-refractivity contribution in [2.24, 2.45) is 7.05 Å². The summed E-state index contributed by atoms with van der Waals surface area (Å²) in [6, 6.07) is 47.1. The van der Waals surface area contributed by atoms with E-state index in [4.69, 9.17) is 9.72 Å². The fourth-order valence-corrected chi connectivity index (χ4v) is 7.60. The molecule has 48 heavy (non-hydrogen) atoms. The minimum absolute atomic E-state index is 0.778. The highest BCUT2D eigenvalue weighted by Gasteiger charge is 2.24. The molecule has 0 spiro atoms. The van der Waals surface area contributed by atoms with Gasteiger partial charge in [0.15, 0.2) is 0 Å². The molecule has 230 valence electrons. The Kier molecular flexibility index (Phi) is 5.67. The summed E-state index contributed by atoms with van der Waals surface area (Å²) < 4.78 is 11.1. The van der Waals surface area contributed by atoms with Gasteiger partial charge in [-0.2, -0.15) is 0 Å². The highest BCUT2D eigenvalue weighted by Crippen LogP contribution is 2.41. The Morgan fingerprint density at radius 3 is 2.17 bits per heavy atom. The lowest BCUT2D eigenvalue weighted by molar-refractivity contribution is 0.483. The van der Waals surface area contributed by atoms with E-state index in [1.54, 1.807) is 0 Å². The molecule has 0 bridgehead atoms. The lowest BCUT2D eigenvalue weighted by atomic mass is 10.1. The number of para-hydroxylation sites is 3. The fraction of sp³-hybridized carbons (Fsp3) is 0.0714. The van der Waals surface area contributed by atoms with Gasteiger partial charge in [0.1, 0.15) is 17.3 Å². The summed E-state index contributed by atoms with van der Waals surface area (Å²) in [5.74, 6) is 2.45. The number of hydrogen-bond acceptors (Lipinski definition) is 4. The summed E-state index contributed by atoms with van der Waals surface area (Å²) in [5, 5.41) is 7.19. The van der Waals surface area contributed by atoms with E-state index in [1.165, 1.54) is 38.4 Å². The van der Waals surface area contributed by atoms with Crippen molar-refractivity contribution < 1.29 is 4.74 Å². The smallest absolute Gasteiger partial charge is 0.139 e. The quantitative estimate of drug-likeness (QED) is 0.196. The number of pyridine rings is 1. The van der Waals surface area contributed by atoms with Crippen LogP contribution in [0.4, 0.5) is 17.1 Å². The molecule has 9 aromatic rings. The van der Waals surface area contributed by atoms with Gasteiger partial charge in [0.2, 0.25) is 0 Å². The van der Waals surface area contributed by atoms with Crippen LogP contribution in [0.15, 0.2) is 140 Å². The molecule has 0 radical (unpaired) electrons. The van der Waals surface area contributed by atoms with Crippen molar-refractivity contribution in [3.63, 3.8) is 0 Å². The Labute approximate surface area is 277 Å². The van der Waals surface area contributed by atoms with Crippen LogP contribution in [0.2, 0.25) is 0 Å². The van der Waals surface area contributed by atoms with Crippen LogP contribution in [0, 0.1) is 0 Å². The van der Waals surface area contributed by atoms with Gasteiger partial charge in [-0.05, 0) is 65.4 Å². The Hall–Kier alpha value is -6.27. The van der Waals surface area contributed by atoms with E-state index in [2.05, 4.69) is 160 Å². The number of fused-ring (bicyclic) bond motifs is 8. The van der Waals surface area contributed by atoms with Crippen LogP contribution in [0.3, 0.4) is 0 Å². The Morgan fingerprint density at radius 1 is 0.542 bits per heavy atom. The first-order chi connectivity index (χ1) is 23.6. The zero-order valence-corrected chi connectivity index (χ0v) is 26.6. The normalized spacial score (nSPS) is 13.0. The second kappa shape index (κ2) is 10.1. The molecule has 0 unspecified atom stereocenters. The van der Waals surface area contributed by atoms with Gasteiger partial charge < -0.3 is 19.1 Å². The second-order valence-corrected chi connectivity index (χ2v) is 12.7. The molecule has 0 fully saturated rings. The number of ether oxygens (including phenoxy) is 1. The summed E-state index contributed by atoms with van der Waals surface area (Å²) in [6.45, 7) is 0.791. The van der Waals surface area contributed by atoms with Crippen LogP contribution >= 0.6 is 0 Å². The molecule has 0 N–H and O–H groups in total. The Balaban J connectivity index is 1.08. The number of benzene rings is 6. The van der Waals surface area contributed by atoms with Gasteiger partial charge in [0.05, 0.1) is 34.6 Å². The van der Waals surface area contributed by atoms with Gasteiger partial charge in [-0.25, -0.2) is 4.98 Å². The van der Waals surface area contributed by atoms with Crippen LogP contribution in [-0.2, 0) is 7.05 Å². The molecule has 0 saturated carbocycles. The number of aryl methyl sites for hydroxylation is 1. The molecule has 3 aromatic heterocycles. The maximum atomic E-state index is 6.58. The maximum Gasteiger partial charge on any atom is 0.139 e. The van der Waals surface area contributed by atoms with Crippen molar-refractivity contribution in [1.29, 1.82) is 0 Å². The molecule has 10 rings (SSSR count). The standard InChI is InChI=1S/C42H31N5O/c1-44-26-46(38-17-8-7-16-37(38)44)29-12-9-13-30(22-29)48-31-18-19-33-32-14-5-6-15-36(32)47(41(33)23-31)42-24-40-35(25-43-42)34-20-27-10-3-4-11-28(27)21-39(34)45(40)2/h3-25H,26H2,1-2H3.